The summed E-state index contributed by atoms with van der Waals surface area (Å²) >= 11 is 0. The van der Waals surface area contributed by atoms with Gasteiger partial charge in [0.25, 0.3) is 0 Å². The molecule has 0 amide bonds. The van der Waals surface area contributed by atoms with Crippen molar-refractivity contribution in [3.63, 3.8) is 0 Å². The van der Waals surface area contributed by atoms with Gasteiger partial charge in [0.2, 0.25) is 0 Å². The second-order valence-electron chi connectivity index (χ2n) is 2.67. The molecule has 63 valence electrons. The maximum atomic E-state index is 4.41. The zero-order valence-electron chi connectivity index (χ0n) is 6.64. The molecular formula is C7H10N5. The van der Waals surface area contributed by atoms with Gasteiger partial charge in [-0.05, 0) is 11.3 Å². The smallest absolute Gasteiger partial charge is 0.0863 e. The number of nitrogens with one attached hydrogen (secondary N) is 1. The summed E-state index contributed by atoms with van der Waals surface area (Å²) in [5.41, 5.74) is 0.900. The molecule has 1 aliphatic heterocycles. The van der Waals surface area contributed by atoms with Crippen LogP contribution in [0.25, 0.3) is 0 Å². The predicted molar refractivity (Wildman–Crippen MR) is 42.4 cm³/mol. The topological polar surface area (TPSA) is 64.8 Å². The van der Waals surface area contributed by atoms with Gasteiger partial charge in [0.15, 0.2) is 0 Å². The van der Waals surface area contributed by atoms with Crippen molar-refractivity contribution in [1.82, 2.24) is 26.0 Å². The summed E-state index contributed by atoms with van der Waals surface area (Å²) in [5, 5.41) is 18.8. The third kappa shape index (κ3) is 1.57. The van der Waals surface area contributed by atoms with Gasteiger partial charge in [-0.15, -0.1) is 10.2 Å². The van der Waals surface area contributed by atoms with Crippen LogP contribution in [0, 0.1) is 0 Å². The molecule has 5 heteroatoms. The number of piperazine rings is 1. The van der Waals surface area contributed by atoms with Gasteiger partial charge in [0.05, 0.1) is 17.9 Å². The number of hydrogen-bond donors (Lipinski definition) is 1. The molecule has 0 bridgehead atoms. The first kappa shape index (κ1) is 7.57. The van der Waals surface area contributed by atoms with Crippen LogP contribution in [-0.4, -0.2) is 35.0 Å². The Hall–Kier alpha value is -1.07. The molecule has 12 heavy (non-hydrogen) atoms. The number of hydrogen-bond acceptors (Lipinski definition) is 4. The van der Waals surface area contributed by atoms with Crippen molar-refractivity contribution in [2.75, 3.05) is 19.6 Å². The first-order chi connectivity index (χ1) is 5.97. The molecule has 1 N–H and O–H groups in total. The van der Waals surface area contributed by atoms with Gasteiger partial charge in [-0.1, -0.05) is 0 Å². The fourth-order valence-electron chi connectivity index (χ4n) is 1.23. The van der Waals surface area contributed by atoms with Gasteiger partial charge in [0.1, 0.15) is 0 Å². The average molecular weight is 164 g/mol. The Kier molecular flexibility index (Phi) is 2.24. The standard InChI is InChI=1S/C7H10N5/c1-2-10-12-11-6(1)7-5-8-3-4-9-7/h1-2,7-8H,3-5H2. The third-order valence-corrected chi connectivity index (χ3v) is 1.84. The molecule has 1 aliphatic rings. The van der Waals surface area contributed by atoms with Crippen molar-refractivity contribution >= 4 is 0 Å². The molecule has 1 aromatic heterocycles. The highest BCUT2D eigenvalue weighted by Gasteiger charge is 2.16. The number of nitrogens with zero attached hydrogens (tertiary/aromatic N) is 4. The number of rotatable bonds is 1. The minimum atomic E-state index is 0.161. The fraction of sp³-hybridized carbons (Fsp3) is 0.571. The quantitative estimate of drug-likeness (QED) is 0.585. The Morgan fingerprint density at radius 1 is 1.50 bits per heavy atom. The minimum absolute atomic E-state index is 0.161. The summed E-state index contributed by atoms with van der Waals surface area (Å²) < 4.78 is 0. The average Bonchev–Trinajstić information content (AvgIpc) is 2.21. The lowest BCUT2D eigenvalue weighted by Crippen LogP contribution is -2.39. The summed E-state index contributed by atoms with van der Waals surface area (Å²) in [6.07, 6.45) is 1.65. The summed E-state index contributed by atoms with van der Waals surface area (Å²) in [5.74, 6) is 0. The first-order valence-corrected chi connectivity index (χ1v) is 3.98. The van der Waals surface area contributed by atoms with Crippen molar-refractivity contribution in [3.05, 3.63) is 18.0 Å². The van der Waals surface area contributed by atoms with E-state index in [1.807, 2.05) is 6.07 Å². The van der Waals surface area contributed by atoms with Gasteiger partial charge in [-0.25, -0.2) is 5.32 Å². The van der Waals surface area contributed by atoms with Crippen molar-refractivity contribution in [1.29, 1.82) is 0 Å². The van der Waals surface area contributed by atoms with E-state index in [9.17, 15) is 0 Å². The zero-order chi connectivity index (χ0) is 8.23. The third-order valence-electron chi connectivity index (χ3n) is 1.84. The maximum absolute atomic E-state index is 4.41. The van der Waals surface area contributed by atoms with Gasteiger partial charge in [-0.3, -0.25) is 0 Å². The van der Waals surface area contributed by atoms with Crippen LogP contribution in [0.1, 0.15) is 11.7 Å². The minimum Gasteiger partial charge on any atom is -0.313 e. The van der Waals surface area contributed by atoms with E-state index in [4.69, 9.17) is 0 Å². The van der Waals surface area contributed by atoms with E-state index in [0.29, 0.717) is 0 Å². The van der Waals surface area contributed by atoms with Gasteiger partial charge in [-0.2, -0.15) is 0 Å². The molecule has 0 spiro atoms. The van der Waals surface area contributed by atoms with Crippen LogP contribution in [0.15, 0.2) is 12.3 Å². The van der Waals surface area contributed by atoms with E-state index >= 15 is 0 Å². The lowest BCUT2D eigenvalue weighted by Gasteiger charge is -2.21. The molecule has 1 fully saturated rings. The van der Waals surface area contributed by atoms with E-state index in [2.05, 4.69) is 26.0 Å². The highest BCUT2D eigenvalue weighted by Crippen LogP contribution is 2.09. The van der Waals surface area contributed by atoms with Crippen molar-refractivity contribution in [2.45, 2.75) is 6.04 Å². The van der Waals surface area contributed by atoms with Gasteiger partial charge < -0.3 is 5.32 Å². The Labute approximate surface area is 70.6 Å². The maximum Gasteiger partial charge on any atom is 0.0863 e. The second-order valence-corrected chi connectivity index (χ2v) is 2.67. The zero-order valence-corrected chi connectivity index (χ0v) is 6.64. The Morgan fingerprint density at radius 2 is 2.50 bits per heavy atom. The summed E-state index contributed by atoms with van der Waals surface area (Å²) in [6, 6.07) is 2.02. The van der Waals surface area contributed by atoms with Crippen LogP contribution < -0.4 is 10.6 Å². The van der Waals surface area contributed by atoms with Crippen LogP contribution in [-0.2, 0) is 0 Å². The van der Waals surface area contributed by atoms with Gasteiger partial charge >= 0.3 is 0 Å². The molecule has 0 saturated carbocycles. The molecule has 1 unspecified atom stereocenters. The molecule has 2 rings (SSSR count). The molecule has 0 aromatic carbocycles. The van der Waals surface area contributed by atoms with Crippen molar-refractivity contribution in [2.24, 2.45) is 0 Å². The SMILES string of the molecule is c1cc(C2CNCC[N]2)nnn1. The van der Waals surface area contributed by atoms with Crippen molar-refractivity contribution < 1.29 is 0 Å². The van der Waals surface area contributed by atoms with Crippen LogP contribution in [0.4, 0.5) is 0 Å². The summed E-state index contributed by atoms with van der Waals surface area (Å²) in [7, 11) is 0. The van der Waals surface area contributed by atoms with E-state index in [-0.39, 0.29) is 6.04 Å². The summed E-state index contributed by atoms with van der Waals surface area (Å²) in [6.45, 7) is 2.68. The molecule has 1 radical (unpaired) electrons. The molecule has 0 aliphatic carbocycles. The highest BCUT2D eigenvalue weighted by molar-refractivity contribution is 5.04. The Bertz CT molecular complexity index is 231. The van der Waals surface area contributed by atoms with Crippen LogP contribution in [0.2, 0.25) is 0 Å². The lowest BCUT2D eigenvalue weighted by molar-refractivity contribution is 0.410. The first-order valence-electron chi connectivity index (χ1n) is 3.98. The van der Waals surface area contributed by atoms with E-state index in [1.165, 1.54) is 0 Å². The normalized spacial score (nSPS) is 23.8. The molecule has 1 atom stereocenters. The van der Waals surface area contributed by atoms with E-state index in [1.54, 1.807) is 6.20 Å². The monoisotopic (exact) mass is 164 g/mol. The van der Waals surface area contributed by atoms with Crippen LogP contribution >= 0.6 is 0 Å². The fourth-order valence-corrected chi connectivity index (χ4v) is 1.23. The van der Waals surface area contributed by atoms with E-state index < -0.39 is 0 Å². The molecule has 1 aromatic rings. The molecule has 1 saturated heterocycles. The van der Waals surface area contributed by atoms with Crippen LogP contribution in [0.3, 0.4) is 0 Å². The largest absolute Gasteiger partial charge is 0.313 e. The molecular weight excluding hydrogens is 154 g/mol. The van der Waals surface area contributed by atoms with Crippen molar-refractivity contribution in [3.8, 4) is 0 Å². The highest BCUT2D eigenvalue weighted by atomic mass is 15.3. The predicted octanol–water partition coefficient (Wildman–Crippen LogP) is -0.880. The Morgan fingerprint density at radius 3 is 3.17 bits per heavy atom. The molecule has 2 heterocycles. The van der Waals surface area contributed by atoms with E-state index in [0.717, 1.165) is 25.3 Å². The summed E-state index contributed by atoms with van der Waals surface area (Å²) in [4.78, 5) is 0. The lowest BCUT2D eigenvalue weighted by atomic mass is 10.2. The Balaban J connectivity index is 2.08. The van der Waals surface area contributed by atoms with Crippen LogP contribution in [0.5, 0.6) is 0 Å². The second kappa shape index (κ2) is 3.55. The number of aromatic nitrogens is 3. The van der Waals surface area contributed by atoms with Gasteiger partial charge in [0, 0.05) is 19.6 Å². The molecule has 5 nitrogen and oxygen atoms in total.